The van der Waals surface area contributed by atoms with E-state index < -0.39 is 35.4 Å². The quantitative estimate of drug-likeness (QED) is 0.238. The largest absolute Gasteiger partial charge is 0.494 e. The molecule has 3 aromatic rings. The van der Waals surface area contributed by atoms with E-state index in [2.05, 4.69) is 48.3 Å². The number of imide groups is 1. The van der Waals surface area contributed by atoms with Crippen molar-refractivity contribution in [3.63, 3.8) is 0 Å². The number of methoxy groups -OCH3 is 1. The number of aromatic nitrogens is 2. The lowest BCUT2D eigenvalue weighted by molar-refractivity contribution is -0.134. The number of anilines is 3. The van der Waals surface area contributed by atoms with E-state index in [1.807, 2.05) is 32.9 Å². The molecule has 0 unspecified atom stereocenters. The summed E-state index contributed by atoms with van der Waals surface area (Å²) < 4.78 is 5.78. The predicted molar refractivity (Wildman–Crippen MR) is 188 cm³/mol. The maximum atomic E-state index is 14.6. The summed E-state index contributed by atoms with van der Waals surface area (Å²) in [7, 11) is 3.17. The third-order valence-electron chi connectivity index (χ3n) is 9.27. The summed E-state index contributed by atoms with van der Waals surface area (Å²) in [5.41, 5.74) is 2.22. The van der Waals surface area contributed by atoms with Crippen LogP contribution in [0, 0.1) is 5.41 Å². The lowest BCUT2D eigenvalue weighted by Gasteiger charge is -2.36. The molecule has 3 atom stereocenters. The average Bonchev–Trinajstić information content (AvgIpc) is 3.63. The summed E-state index contributed by atoms with van der Waals surface area (Å²) in [6.45, 7) is 11.2. The van der Waals surface area contributed by atoms with Crippen molar-refractivity contribution in [2.75, 3.05) is 44.0 Å². The Morgan fingerprint density at radius 3 is 2.42 bits per heavy atom. The van der Waals surface area contributed by atoms with E-state index in [0.717, 1.165) is 31.7 Å². The van der Waals surface area contributed by atoms with Crippen molar-refractivity contribution in [2.45, 2.75) is 84.5 Å². The van der Waals surface area contributed by atoms with Gasteiger partial charge in [0.1, 0.15) is 23.9 Å². The molecule has 4 N–H and O–H groups in total. The van der Waals surface area contributed by atoms with Gasteiger partial charge in [0, 0.05) is 23.7 Å². The Kier molecular flexibility index (Phi) is 11.3. The highest BCUT2D eigenvalue weighted by atomic mass is 16.5. The Labute approximate surface area is 283 Å². The molecular weight excluding hydrogens is 608 g/mol. The average molecular weight is 659 g/mol. The fourth-order valence-electron chi connectivity index (χ4n) is 6.29. The molecular formula is C36H50N8O4. The van der Waals surface area contributed by atoms with Crippen molar-refractivity contribution < 1.29 is 19.1 Å². The fraction of sp³-hybridized carbons (Fsp3) is 0.528. The Hall–Kier alpha value is -4.13. The number of nitrogens with one attached hydrogen (secondary N) is 4. The standard InChI is InChI=1S/C36H50N8O4/c1-23(37-5)33(45)42-31(36(2,3)4)35(47)44(34(46)27-11-10-16-38-27)29-19-26-28(20-30(29)48-6)39-22-40-32(26)41-25-14-12-24(13-15-25)21-43-17-8-7-9-18-43/h12-15,19-20,22-23,27,31,37-38H,7-11,16-18,21H2,1-6H3,(H,42,45)(H,39,40,41)/t23-,27-,31+/m0/s1. The van der Waals surface area contributed by atoms with Crippen LogP contribution in [0.4, 0.5) is 17.2 Å². The summed E-state index contributed by atoms with van der Waals surface area (Å²) >= 11 is 0. The van der Waals surface area contributed by atoms with Crippen LogP contribution in [0.2, 0.25) is 0 Å². The van der Waals surface area contributed by atoms with Gasteiger partial charge in [0.25, 0.3) is 11.8 Å². The van der Waals surface area contributed by atoms with E-state index in [-0.39, 0.29) is 11.6 Å². The second-order valence-corrected chi connectivity index (χ2v) is 13.9. The van der Waals surface area contributed by atoms with E-state index in [1.165, 1.54) is 43.2 Å². The zero-order valence-electron chi connectivity index (χ0n) is 29.1. The van der Waals surface area contributed by atoms with Crippen molar-refractivity contribution in [3.05, 3.63) is 48.3 Å². The van der Waals surface area contributed by atoms with Crippen molar-refractivity contribution in [2.24, 2.45) is 5.41 Å². The van der Waals surface area contributed by atoms with Gasteiger partial charge in [-0.15, -0.1) is 0 Å². The zero-order valence-corrected chi connectivity index (χ0v) is 29.1. The van der Waals surface area contributed by atoms with Crippen LogP contribution in [-0.4, -0.2) is 84.5 Å². The first-order valence-electron chi connectivity index (χ1n) is 17.0. The third-order valence-corrected chi connectivity index (χ3v) is 9.27. The minimum Gasteiger partial charge on any atom is -0.494 e. The van der Waals surface area contributed by atoms with Gasteiger partial charge in [-0.2, -0.15) is 0 Å². The number of hydrogen-bond acceptors (Lipinski definition) is 10. The molecule has 12 nitrogen and oxygen atoms in total. The summed E-state index contributed by atoms with van der Waals surface area (Å²) in [5.74, 6) is -0.474. The van der Waals surface area contributed by atoms with Crippen LogP contribution >= 0.6 is 0 Å². The molecule has 2 saturated heterocycles. The zero-order chi connectivity index (χ0) is 34.4. The Morgan fingerprint density at radius 2 is 1.79 bits per heavy atom. The molecule has 2 fully saturated rings. The van der Waals surface area contributed by atoms with Crippen LogP contribution in [0.3, 0.4) is 0 Å². The number of amides is 3. The number of hydrogen-bond donors (Lipinski definition) is 4. The van der Waals surface area contributed by atoms with Crippen LogP contribution < -0.4 is 30.9 Å². The predicted octanol–water partition coefficient (Wildman–Crippen LogP) is 4.12. The molecule has 3 heterocycles. The summed E-state index contributed by atoms with van der Waals surface area (Å²) in [4.78, 5) is 54.6. The van der Waals surface area contributed by atoms with E-state index in [0.29, 0.717) is 35.4 Å². The van der Waals surface area contributed by atoms with E-state index in [1.54, 1.807) is 26.1 Å². The summed E-state index contributed by atoms with van der Waals surface area (Å²) in [6.07, 6.45) is 6.68. The van der Waals surface area contributed by atoms with Gasteiger partial charge < -0.3 is 26.0 Å². The van der Waals surface area contributed by atoms with Gasteiger partial charge in [0.2, 0.25) is 5.91 Å². The van der Waals surface area contributed by atoms with Crippen molar-refractivity contribution in [1.82, 2.24) is 30.8 Å². The number of carbonyl (C=O) groups excluding carboxylic acids is 3. The first-order chi connectivity index (χ1) is 23.0. The number of nitrogens with zero attached hydrogens (tertiary/aromatic N) is 4. The van der Waals surface area contributed by atoms with Crippen LogP contribution in [0.25, 0.3) is 10.9 Å². The molecule has 2 aromatic carbocycles. The van der Waals surface area contributed by atoms with Gasteiger partial charge in [-0.1, -0.05) is 39.3 Å². The number of fused-ring (bicyclic) bond motifs is 1. The lowest BCUT2D eigenvalue weighted by atomic mass is 9.85. The van der Waals surface area contributed by atoms with Crippen LogP contribution in [0.5, 0.6) is 5.75 Å². The third kappa shape index (κ3) is 8.11. The van der Waals surface area contributed by atoms with Gasteiger partial charge in [0.15, 0.2) is 0 Å². The highest BCUT2D eigenvalue weighted by molar-refractivity contribution is 6.20. The molecule has 5 rings (SSSR count). The second-order valence-electron chi connectivity index (χ2n) is 13.9. The number of likely N-dealkylation sites (N-methyl/N-ethyl adjacent to an activating group) is 1. The van der Waals surface area contributed by atoms with Crippen LogP contribution in [0.15, 0.2) is 42.7 Å². The smallest absolute Gasteiger partial charge is 0.257 e. The van der Waals surface area contributed by atoms with E-state index in [4.69, 9.17) is 4.74 Å². The number of rotatable bonds is 11. The van der Waals surface area contributed by atoms with Gasteiger partial charge in [-0.25, -0.2) is 14.9 Å². The summed E-state index contributed by atoms with van der Waals surface area (Å²) in [6, 6.07) is 9.64. The molecule has 0 spiro atoms. The Balaban J connectivity index is 1.53. The van der Waals surface area contributed by atoms with E-state index >= 15 is 0 Å². The normalized spacial score (nSPS) is 18.2. The van der Waals surface area contributed by atoms with Gasteiger partial charge in [0.05, 0.1) is 30.4 Å². The minimum absolute atomic E-state index is 0.258. The van der Waals surface area contributed by atoms with Gasteiger partial charge >= 0.3 is 0 Å². The Morgan fingerprint density at radius 1 is 1.06 bits per heavy atom. The van der Waals surface area contributed by atoms with Gasteiger partial charge in [-0.05, 0) is 88.5 Å². The highest BCUT2D eigenvalue weighted by Gasteiger charge is 2.42. The molecule has 3 amide bonds. The van der Waals surface area contributed by atoms with Crippen molar-refractivity contribution in [1.29, 1.82) is 0 Å². The topological polar surface area (TPSA) is 141 Å². The number of likely N-dealkylation sites (tertiary alicyclic amines) is 1. The maximum absolute atomic E-state index is 14.6. The second kappa shape index (κ2) is 15.4. The molecule has 258 valence electrons. The van der Waals surface area contributed by atoms with Gasteiger partial charge in [-0.3, -0.25) is 19.3 Å². The molecule has 0 radical (unpaired) electrons. The molecule has 0 bridgehead atoms. The highest BCUT2D eigenvalue weighted by Crippen LogP contribution is 2.37. The van der Waals surface area contributed by atoms with Crippen molar-refractivity contribution >= 4 is 45.8 Å². The monoisotopic (exact) mass is 658 g/mol. The first kappa shape index (κ1) is 35.2. The molecule has 0 aliphatic carbocycles. The summed E-state index contributed by atoms with van der Waals surface area (Å²) in [5, 5.41) is 13.1. The molecule has 1 aromatic heterocycles. The van der Waals surface area contributed by atoms with Crippen molar-refractivity contribution in [3.8, 4) is 5.75 Å². The van der Waals surface area contributed by atoms with E-state index in [9.17, 15) is 14.4 Å². The fourth-order valence-corrected chi connectivity index (χ4v) is 6.29. The molecule has 12 heteroatoms. The first-order valence-corrected chi connectivity index (χ1v) is 17.0. The SMILES string of the molecule is CN[C@@H](C)C(=O)N[C@H](C(=O)N(C(=O)[C@@H]1CCCN1)c1cc2c(Nc3ccc(CN4CCCCC4)cc3)ncnc2cc1OC)C(C)(C)C. The molecule has 0 saturated carbocycles. The Bertz CT molecular complexity index is 1590. The number of piperidine rings is 1. The maximum Gasteiger partial charge on any atom is 0.257 e. The minimum atomic E-state index is -1.01. The molecule has 2 aliphatic rings. The van der Waals surface area contributed by atoms with Crippen LogP contribution in [0.1, 0.15) is 65.4 Å². The van der Waals surface area contributed by atoms with Crippen LogP contribution in [-0.2, 0) is 20.9 Å². The lowest BCUT2D eigenvalue weighted by Crippen LogP contribution is -2.60. The number of benzene rings is 2. The molecule has 48 heavy (non-hydrogen) atoms. The number of ether oxygens (including phenoxy) is 1. The molecule has 2 aliphatic heterocycles. The number of carbonyl (C=O) groups is 3.